The third-order valence-electron chi connectivity index (χ3n) is 17.7. The van der Waals surface area contributed by atoms with E-state index in [4.69, 9.17) is 20.3 Å². The van der Waals surface area contributed by atoms with Crippen LogP contribution in [0.1, 0.15) is 131 Å². The summed E-state index contributed by atoms with van der Waals surface area (Å²) < 4.78 is 16.2. The number of amides is 4. The minimum Gasteiger partial charge on any atom is -0.491 e. The monoisotopic (exact) mass is 1340 g/mol. The number of benzene rings is 4. The number of hydrogen-bond acceptors (Lipinski definition) is 19. The zero-order chi connectivity index (χ0) is 70.5. The van der Waals surface area contributed by atoms with Crippen molar-refractivity contribution in [2.75, 3.05) is 89.4 Å². The number of amidine groups is 1. The Labute approximate surface area is 568 Å². The summed E-state index contributed by atoms with van der Waals surface area (Å²) in [6.07, 6.45) is 3.99. The number of carbonyl (C=O) groups is 4. The summed E-state index contributed by atoms with van der Waals surface area (Å²) in [5, 5.41) is 45.2. The van der Waals surface area contributed by atoms with E-state index in [1.165, 1.54) is 41.8 Å². The lowest BCUT2D eigenvalue weighted by Crippen LogP contribution is -2.48. The zero-order valence-electron chi connectivity index (χ0n) is 57.5. The number of aliphatic hydroxyl groups excluding tert-OH is 2. The Kier molecular flexibility index (Phi) is 24.2. The number of nitrogens with zero attached hydrogens (tertiary/aromatic N) is 6. The second kappa shape index (κ2) is 32.8. The van der Waals surface area contributed by atoms with Crippen LogP contribution in [0, 0.1) is 38.5 Å². The maximum atomic E-state index is 13.4. The summed E-state index contributed by atoms with van der Waals surface area (Å²) in [5.41, 5.74) is 8.10. The van der Waals surface area contributed by atoms with Crippen LogP contribution in [0.3, 0.4) is 0 Å². The number of anilines is 2. The molecule has 4 aromatic heterocycles. The molecule has 11 N–H and O–H groups in total. The molecule has 0 aliphatic carbocycles. The number of ether oxygens (including phenoxy) is 3. The lowest BCUT2D eigenvalue weighted by molar-refractivity contribution is 0.0524. The smallest absolute Gasteiger partial charge is 0.261 e. The van der Waals surface area contributed by atoms with E-state index < -0.39 is 17.8 Å². The summed E-state index contributed by atoms with van der Waals surface area (Å²) in [5.74, 6) is 1.42. The molecule has 0 unspecified atom stereocenters. The highest BCUT2D eigenvalue weighted by atomic mass is 16.5. The number of aryl methyl sites for hydroxylation is 4. The molecule has 26 nitrogen and oxygen atoms in total. The molecule has 8 aromatic rings. The van der Waals surface area contributed by atoms with Crippen molar-refractivity contribution in [1.29, 1.82) is 10.8 Å². The first-order chi connectivity index (χ1) is 47.0. The van der Waals surface area contributed by atoms with Crippen LogP contribution in [0.2, 0.25) is 0 Å². The SMILES string of the molecule is CC(=N)N1CCC(N2C(=O)c3cc4nc(-c5c(NC[C@@H](O)COc6ccc(C)cc6C)cc[nH]c5=O)[nH]c4cc3C2=O)CC1.CCN(CC)CC.CCOC(C)=N.Cc1ccc(OC[C@H](O)CNc2cc[nH]c(=O)c2-c2nc3cc4c(cc3[nH]2)C(=O)N(C2CCNCC2)C4=O)c(C)c1. The third-order valence-corrected chi connectivity index (χ3v) is 17.7. The number of carbonyl (C=O) groups excluding carboxylic acids is 4. The Morgan fingerprint density at radius 2 is 1.00 bits per heavy atom. The molecule has 0 bridgehead atoms. The van der Waals surface area contributed by atoms with Gasteiger partial charge in [-0.15, -0.1) is 0 Å². The number of fused-ring (bicyclic) bond motifs is 4. The van der Waals surface area contributed by atoms with Crippen LogP contribution in [-0.4, -0.2) is 198 Å². The number of rotatable bonds is 20. The number of aromatic amines is 4. The zero-order valence-corrected chi connectivity index (χ0v) is 57.5. The number of nitrogens with one attached hydrogen (secondary N) is 9. The van der Waals surface area contributed by atoms with Crippen LogP contribution in [0.15, 0.2) is 94.8 Å². The van der Waals surface area contributed by atoms with Crippen LogP contribution in [0.25, 0.3) is 44.8 Å². The van der Waals surface area contributed by atoms with Crippen molar-refractivity contribution in [3.63, 3.8) is 0 Å². The highest BCUT2D eigenvalue weighted by molar-refractivity contribution is 6.24. The van der Waals surface area contributed by atoms with Gasteiger partial charge in [-0.1, -0.05) is 56.2 Å². The van der Waals surface area contributed by atoms with Crippen LogP contribution >= 0.6 is 0 Å². The van der Waals surface area contributed by atoms with Crippen molar-refractivity contribution in [3.05, 3.63) is 150 Å². The van der Waals surface area contributed by atoms with Crippen molar-refractivity contribution >= 4 is 68.8 Å². The van der Waals surface area contributed by atoms with Crippen LogP contribution < -0.4 is 36.5 Å². The van der Waals surface area contributed by atoms with Crippen LogP contribution in [0.4, 0.5) is 11.4 Å². The first-order valence-corrected chi connectivity index (χ1v) is 33.4. The third kappa shape index (κ3) is 17.0. The van der Waals surface area contributed by atoms with Crippen molar-refractivity contribution in [2.24, 2.45) is 0 Å². The van der Waals surface area contributed by atoms with Gasteiger partial charge in [0.2, 0.25) is 0 Å². The minimum atomic E-state index is -0.858. The van der Waals surface area contributed by atoms with Crippen LogP contribution in [0.5, 0.6) is 11.5 Å². The van der Waals surface area contributed by atoms with E-state index in [2.05, 4.69) is 76.3 Å². The molecule has 4 aromatic carbocycles. The van der Waals surface area contributed by atoms with Crippen LogP contribution in [-0.2, 0) is 4.74 Å². The molecular weight excluding hydrogens is 1250 g/mol. The maximum Gasteiger partial charge on any atom is 0.261 e. The summed E-state index contributed by atoms with van der Waals surface area (Å²) >= 11 is 0. The molecule has 4 aliphatic heterocycles. The molecule has 520 valence electrons. The van der Waals surface area contributed by atoms with Gasteiger partial charge in [0, 0.05) is 57.6 Å². The van der Waals surface area contributed by atoms with E-state index in [0.29, 0.717) is 106 Å². The molecule has 2 fully saturated rings. The molecule has 26 heteroatoms. The standard InChI is InChI=1S/C32H35N7O5.C30H32N6O5.C6H15N.C4H9NO/c1-17-4-5-27(18(2)12-17)44-16-21(40)15-35-24-6-9-34-30(41)28(24)29-36-25-13-22-23(14-26(25)37-29)32(43)39(31(22)42)20-7-10-38(11-8-20)19(3)33;1-16-3-4-25(17(2)11-16)41-15-19(37)14-33-22-7-10-32-28(38)26(22)27-34-23-12-20-21(13-24(23)35-27)30(40)36(29(20)39)18-5-8-31-9-6-18;1-4-7(5-2)6-3;1-3-6-4(2)5/h4-6,9,12-14,20-21,33,40H,7-8,10-11,15-16H2,1-3H3,(H,36,37)(H2,34,35,41);3-4,7,10-13,18-19,31,37H,5-6,8-9,14-15H2,1-2H3,(H,34,35)(H2,32,33,38);4-6H2,1-3H3;5H,3H2,1-2H3/t21-;19-;;/m11../s1. The number of aromatic nitrogens is 6. The highest BCUT2D eigenvalue weighted by Gasteiger charge is 2.43. The molecule has 0 saturated carbocycles. The number of aliphatic hydroxyl groups is 2. The predicted octanol–water partition coefficient (Wildman–Crippen LogP) is 8.55. The summed E-state index contributed by atoms with van der Waals surface area (Å²) in [7, 11) is 0. The van der Waals surface area contributed by atoms with Gasteiger partial charge >= 0.3 is 0 Å². The van der Waals surface area contributed by atoms with E-state index in [-0.39, 0.29) is 96.2 Å². The summed E-state index contributed by atoms with van der Waals surface area (Å²) in [6, 6.07) is 21.2. The van der Waals surface area contributed by atoms with E-state index in [0.717, 1.165) is 48.2 Å². The molecule has 2 saturated heterocycles. The number of likely N-dealkylation sites (tertiary alicyclic amines) is 1. The highest BCUT2D eigenvalue weighted by Crippen LogP contribution is 2.35. The number of hydrogen-bond donors (Lipinski definition) is 11. The first-order valence-electron chi connectivity index (χ1n) is 33.4. The fourth-order valence-corrected chi connectivity index (χ4v) is 12.4. The van der Waals surface area contributed by atoms with Gasteiger partial charge in [-0.2, -0.15) is 0 Å². The van der Waals surface area contributed by atoms with E-state index >= 15 is 0 Å². The molecule has 0 radical (unpaired) electrons. The molecule has 98 heavy (non-hydrogen) atoms. The van der Waals surface area contributed by atoms with Gasteiger partial charge in [-0.25, -0.2) is 9.97 Å². The van der Waals surface area contributed by atoms with E-state index in [1.54, 1.807) is 50.2 Å². The van der Waals surface area contributed by atoms with E-state index in [1.807, 2.05) is 75.9 Å². The Hall–Kier alpha value is -10.0. The fourth-order valence-electron chi connectivity index (χ4n) is 12.4. The second-order valence-corrected chi connectivity index (χ2v) is 24.8. The largest absolute Gasteiger partial charge is 0.491 e. The van der Waals surface area contributed by atoms with Gasteiger partial charge in [0.25, 0.3) is 34.7 Å². The molecule has 8 heterocycles. The van der Waals surface area contributed by atoms with Crippen molar-refractivity contribution in [3.8, 4) is 34.3 Å². The summed E-state index contributed by atoms with van der Waals surface area (Å²) in [6.45, 7) is 27.0. The number of imide groups is 2. The Morgan fingerprint density at radius 1 is 0.592 bits per heavy atom. The minimum absolute atomic E-state index is 0.0616. The normalized spacial score (nSPS) is 15.2. The molecule has 4 aliphatic rings. The number of piperidine rings is 2. The fraction of sp³-hybridized carbons (Fsp3) is 0.417. The number of pyridine rings is 2. The van der Waals surface area contributed by atoms with Gasteiger partial charge in [-0.3, -0.25) is 49.4 Å². The second-order valence-electron chi connectivity index (χ2n) is 24.8. The lowest BCUT2D eigenvalue weighted by Gasteiger charge is -2.36. The topological polar surface area (TPSA) is 356 Å². The average molecular weight is 1340 g/mol. The Bertz CT molecular complexity index is 4220. The average Bonchev–Trinajstić information content (AvgIpc) is 1.60. The molecule has 12 rings (SSSR count). The Morgan fingerprint density at radius 3 is 1.36 bits per heavy atom. The summed E-state index contributed by atoms with van der Waals surface area (Å²) in [4.78, 5) is 107. The number of H-pyrrole nitrogens is 4. The maximum absolute atomic E-state index is 13.4. The molecule has 2 atom stereocenters. The lowest BCUT2D eigenvalue weighted by atomic mass is 10.0. The van der Waals surface area contributed by atoms with Gasteiger partial charge in [0.1, 0.15) is 59.7 Å². The molecule has 0 spiro atoms. The van der Waals surface area contributed by atoms with Gasteiger partial charge < -0.3 is 70.1 Å². The van der Waals surface area contributed by atoms with Gasteiger partial charge in [0.05, 0.1) is 68.1 Å². The van der Waals surface area contributed by atoms with Gasteiger partial charge in [0.15, 0.2) is 5.90 Å². The molecule has 4 amide bonds. The van der Waals surface area contributed by atoms with Crippen molar-refractivity contribution in [2.45, 2.75) is 119 Å². The van der Waals surface area contributed by atoms with E-state index in [9.17, 15) is 39.0 Å². The van der Waals surface area contributed by atoms with Crippen molar-refractivity contribution in [1.82, 2.24) is 54.8 Å². The number of imidazole rings is 2. The van der Waals surface area contributed by atoms with Crippen molar-refractivity contribution < 1.29 is 43.6 Å². The Balaban J connectivity index is 0.000000194. The quantitative estimate of drug-likeness (QED) is 0.0193. The molecular formula is C72H91N15O11. The first kappa shape index (κ1) is 72.3. The predicted molar refractivity (Wildman–Crippen MR) is 379 cm³/mol. The van der Waals surface area contributed by atoms with Gasteiger partial charge in [-0.05, 0) is 160 Å².